The Labute approximate surface area is 141 Å². The van der Waals surface area contributed by atoms with E-state index in [1.54, 1.807) is 20.1 Å². The van der Waals surface area contributed by atoms with Crippen molar-refractivity contribution < 1.29 is 19.2 Å². The highest BCUT2D eigenvalue weighted by Crippen LogP contribution is 2.30. The zero-order valence-corrected chi connectivity index (χ0v) is 14.5. The van der Waals surface area contributed by atoms with Gasteiger partial charge in [-0.1, -0.05) is 11.6 Å². The monoisotopic (exact) mass is 340 g/mol. The largest absolute Gasteiger partial charge is 0.495 e. The summed E-state index contributed by atoms with van der Waals surface area (Å²) in [5.74, 6) is 0.566. The first-order chi connectivity index (χ1) is 10.9. The first-order valence-corrected chi connectivity index (χ1v) is 8.01. The number of ether oxygens (including phenoxy) is 1. The maximum Gasteiger partial charge on any atom is 0.279 e. The summed E-state index contributed by atoms with van der Waals surface area (Å²) in [7, 11) is 1.54. The third-order valence-corrected chi connectivity index (χ3v) is 4.49. The SMILES string of the molecule is COc1cc(Cl)c(C)cc1NC(=O)C[NH+]1CCN(C(C)=O)CC1. The van der Waals surface area contributed by atoms with Crippen molar-refractivity contribution >= 4 is 29.1 Å². The summed E-state index contributed by atoms with van der Waals surface area (Å²) >= 11 is 6.07. The lowest BCUT2D eigenvalue weighted by molar-refractivity contribution is -0.895. The van der Waals surface area contributed by atoms with Crippen LogP contribution in [0.3, 0.4) is 0 Å². The standard InChI is InChI=1S/C16H22ClN3O3/c1-11-8-14(15(23-3)9-13(11)17)18-16(22)10-19-4-6-20(7-5-19)12(2)21/h8-9H,4-7,10H2,1-3H3,(H,18,22)/p+1. The van der Waals surface area contributed by atoms with Gasteiger partial charge >= 0.3 is 0 Å². The Bertz CT molecular complexity index is 598. The van der Waals surface area contributed by atoms with Crippen molar-refractivity contribution in [2.45, 2.75) is 13.8 Å². The van der Waals surface area contributed by atoms with Crippen LogP contribution in [0.25, 0.3) is 0 Å². The minimum Gasteiger partial charge on any atom is -0.495 e. The summed E-state index contributed by atoms with van der Waals surface area (Å²) < 4.78 is 5.26. The lowest BCUT2D eigenvalue weighted by atomic mass is 10.2. The molecule has 1 aromatic rings. The van der Waals surface area contributed by atoms with Crippen LogP contribution < -0.4 is 15.0 Å². The van der Waals surface area contributed by atoms with Gasteiger partial charge in [0.25, 0.3) is 5.91 Å². The van der Waals surface area contributed by atoms with Gasteiger partial charge < -0.3 is 19.9 Å². The number of methoxy groups -OCH3 is 1. The van der Waals surface area contributed by atoms with Crippen LogP contribution in [0.5, 0.6) is 5.75 Å². The molecule has 0 spiro atoms. The highest BCUT2D eigenvalue weighted by atomic mass is 35.5. The Morgan fingerprint density at radius 2 is 2.00 bits per heavy atom. The fraction of sp³-hybridized carbons (Fsp3) is 0.500. The lowest BCUT2D eigenvalue weighted by Crippen LogP contribution is -3.15. The van der Waals surface area contributed by atoms with E-state index in [-0.39, 0.29) is 11.8 Å². The predicted molar refractivity (Wildman–Crippen MR) is 89.2 cm³/mol. The second kappa shape index (κ2) is 7.66. The van der Waals surface area contributed by atoms with Crippen LogP contribution in [0, 0.1) is 6.92 Å². The first kappa shape index (κ1) is 17.6. The molecule has 2 rings (SSSR count). The van der Waals surface area contributed by atoms with E-state index in [1.807, 2.05) is 17.9 Å². The molecule has 1 fully saturated rings. The predicted octanol–water partition coefficient (Wildman–Crippen LogP) is 0.343. The maximum absolute atomic E-state index is 12.3. The van der Waals surface area contributed by atoms with Gasteiger partial charge in [0.2, 0.25) is 5.91 Å². The van der Waals surface area contributed by atoms with Gasteiger partial charge in [0.15, 0.2) is 6.54 Å². The summed E-state index contributed by atoms with van der Waals surface area (Å²) in [6, 6.07) is 3.51. The van der Waals surface area contributed by atoms with Gasteiger partial charge in [-0.3, -0.25) is 9.59 Å². The van der Waals surface area contributed by atoms with Crippen LogP contribution in [0.4, 0.5) is 5.69 Å². The van der Waals surface area contributed by atoms with Crippen molar-refractivity contribution in [1.82, 2.24) is 4.90 Å². The second-order valence-corrected chi connectivity index (χ2v) is 6.19. The molecule has 126 valence electrons. The molecular weight excluding hydrogens is 318 g/mol. The molecule has 0 unspecified atom stereocenters. The van der Waals surface area contributed by atoms with E-state index >= 15 is 0 Å². The Hall–Kier alpha value is -1.79. The Balaban J connectivity index is 1.93. The molecule has 0 aliphatic carbocycles. The van der Waals surface area contributed by atoms with Gasteiger partial charge in [-0.05, 0) is 18.6 Å². The number of benzene rings is 1. The summed E-state index contributed by atoms with van der Waals surface area (Å²) in [5.41, 5.74) is 1.51. The summed E-state index contributed by atoms with van der Waals surface area (Å²) in [5, 5.41) is 3.49. The highest BCUT2D eigenvalue weighted by molar-refractivity contribution is 6.31. The number of hydrogen-bond acceptors (Lipinski definition) is 3. The number of carbonyl (C=O) groups excluding carboxylic acids is 2. The number of quaternary nitrogens is 1. The third-order valence-electron chi connectivity index (χ3n) is 4.08. The van der Waals surface area contributed by atoms with Crippen LogP contribution in [-0.4, -0.2) is 56.5 Å². The summed E-state index contributed by atoms with van der Waals surface area (Å²) in [6.07, 6.45) is 0. The molecular formula is C16H23ClN3O3+. The topological polar surface area (TPSA) is 63.1 Å². The van der Waals surface area contributed by atoms with Gasteiger partial charge in [-0.25, -0.2) is 0 Å². The fourth-order valence-electron chi connectivity index (χ4n) is 2.67. The number of piperazine rings is 1. The van der Waals surface area contributed by atoms with Crippen LogP contribution >= 0.6 is 11.6 Å². The van der Waals surface area contributed by atoms with Crippen molar-refractivity contribution in [3.8, 4) is 5.75 Å². The molecule has 1 aliphatic rings. The number of carbonyl (C=O) groups is 2. The number of aryl methyl sites for hydroxylation is 1. The van der Waals surface area contributed by atoms with Crippen LogP contribution in [0.1, 0.15) is 12.5 Å². The summed E-state index contributed by atoms with van der Waals surface area (Å²) in [4.78, 5) is 26.6. The van der Waals surface area contributed by atoms with Gasteiger partial charge in [0.05, 0.1) is 39.0 Å². The van der Waals surface area contributed by atoms with Crippen molar-refractivity contribution in [3.63, 3.8) is 0 Å². The van der Waals surface area contributed by atoms with Gasteiger partial charge in [-0.15, -0.1) is 0 Å². The molecule has 0 aromatic heterocycles. The molecule has 7 heteroatoms. The van der Waals surface area contributed by atoms with E-state index in [4.69, 9.17) is 16.3 Å². The van der Waals surface area contributed by atoms with Gasteiger partial charge in [0.1, 0.15) is 5.75 Å². The average Bonchev–Trinajstić information content (AvgIpc) is 2.51. The number of amides is 2. The number of nitrogens with zero attached hydrogens (tertiary/aromatic N) is 1. The summed E-state index contributed by atoms with van der Waals surface area (Å²) in [6.45, 7) is 6.78. The quantitative estimate of drug-likeness (QED) is 0.831. The molecule has 1 aromatic carbocycles. The number of halogens is 1. The average molecular weight is 341 g/mol. The van der Waals surface area contributed by atoms with E-state index in [0.717, 1.165) is 18.7 Å². The van der Waals surface area contributed by atoms with Gasteiger partial charge in [0, 0.05) is 18.0 Å². The van der Waals surface area contributed by atoms with Crippen molar-refractivity contribution in [2.24, 2.45) is 0 Å². The van der Waals surface area contributed by atoms with Crippen molar-refractivity contribution in [3.05, 3.63) is 22.7 Å². The third kappa shape index (κ3) is 4.59. The minimum absolute atomic E-state index is 0.0729. The van der Waals surface area contributed by atoms with Crippen LogP contribution in [0.2, 0.25) is 5.02 Å². The zero-order chi connectivity index (χ0) is 17.0. The number of nitrogens with one attached hydrogen (secondary N) is 2. The van der Waals surface area contributed by atoms with E-state index in [2.05, 4.69) is 5.32 Å². The molecule has 0 radical (unpaired) electrons. The van der Waals surface area contributed by atoms with E-state index in [0.29, 0.717) is 36.1 Å². The second-order valence-electron chi connectivity index (χ2n) is 5.78. The number of anilines is 1. The maximum atomic E-state index is 12.3. The molecule has 0 atom stereocenters. The molecule has 2 N–H and O–H groups in total. The number of rotatable bonds is 4. The van der Waals surface area contributed by atoms with Crippen molar-refractivity contribution in [1.29, 1.82) is 0 Å². The molecule has 1 aliphatic heterocycles. The molecule has 0 saturated carbocycles. The van der Waals surface area contributed by atoms with E-state index < -0.39 is 0 Å². The molecule has 0 bridgehead atoms. The van der Waals surface area contributed by atoms with E-state index in [9.17, 15) is 9.59 Å². The fourth-order valence-corrected chi connectivity index (χ4v) is 2.82. The Morgan fingerprint density at radius 3 is 2.57 bits per heavy atom. The smallest absolute Gasteiger partial charge is 0.279 e. The zero-order valence-electron chi connectivity index (χ0n) is 13.7. The molecule has 1 saturated heterocycles. The Kier molecular flexibility index (Phi) is 5.85. The highest BCUT2D eigenvalue weighted by Gasteiger charge is 2.23. The molecule has 23 heavy (non-hydrogen) atoms. The molecule has 6 nitrogen and oxygen atoms in total. The van der Waals surface area contributed by atoms with Gasteiger partial charge in [-0.2, -0.15) is 0 Å². The normalized spacial score (nSPS) is 15.4. The van der Waals surface area contributed by atoms with Crippen LogP contribution in [-0.2, 0) is 9.59 Å². The lowest BCUT2D eigenvalue weighted by Gasteiger charge is -2.31. The minimum atomic E-state index is -0.0729. The first-order valence-electron chi connectivity index (χ1n) is 7.63. The molecule has 1 heterocycles. The van der Waals surface area contributed by atoms with Crippen molar-refractivity contribution in [2.75, 3.05) is 45.2 Å². The Morgan fingerprint density at radius 1 is 1.35 bits per heavy atom. The molecule has 2 amide bonds. The number of hydrogen-bond donors (Lipinski definition) is 2. The van der Waals surface area contributed by atoms with Crippen LogP contribution in [0.15, 0.2) is 12.1 Å². The van der Waals surface area contributed by atoms with E-state index in [1.165, 1.54) is 4.90 Å².